The Bertz CT molecular complexity index is 920. The Morgan fingerprint density at radius 3 is 2.59 bits per heavy atom. The van der Waals surface area contributed by atoms with Gasteiger partial charge in [0.05, 0.1) is 0 Å². The highest BCUT2D eigenvalue weighted by Crippen LogP contribution is 2.32. The molecular formula is C17H25N3O4S3. The van der Waals surface area contributed by atoms with Gasteiger partial charge in [0.15, 0.2) is 9.92 Å². The number of rotatable bonds is 5. The Hall–Kier alpha value is -1.49. The molecule has 2 rings (SSSR count). The van der Waals surface area contributed by atoms with Gasteiger partial charge in [-0.1, -0.05) is 20.3 Å². The number of nitrogens with zero attached hydrogens (tertiary/aromatic N) is 1. The lowest BCUT2D eigenvalue weighted by Crippen LogP contribution is -2.46. The molecule has 0 aliphatic carbocycles. The Balaban J connectivity index is 2.28. The van der Waals surface area contributed by atoms with Gasteiger partial charge in [0, 0.05) is 9.40 Å². The zero-order valence-electron chi connectivity index (χ0n) is 16.0. The standard InChI is InChI=1S/C17H25N3O4S3/c1-6-10(2)14(19-16(22)24-17(3,4)5)15(21)20-27(18,23)13-9-12-11(26-13)7-8-25-12/h7-10,14H,6H2,1-5H3,(H,19,22)(H2,18,20,21,23)/t10-,14-,27?/m0/s1. The summed E-state index contributed by atoms with van der Waals surface area (Å²) in [6, 6.07) is 2.64. The third kappa shape index (κ3) is 5.74. The van der Waals surface area contributed by atoms with Crippen molar-refractivity contribution in [1.29, 1.82) is 0 Å². The first kappa shape index (κ1) is 21.8. The highest BCUT2D eigenvalue weighted by molar-refractivity contribution is 7.94. The predicted octanol–water partition coefficient (Wildman–Crippen LogP) is 4.13. The number of hydrogen-bond acceptors (Lipinski definition) is 6. The van der Waals surface area contributed by atoms with Crippen molar-refractivity contribution in [3.05, 3.63) is 17.5 Å². The summed E-state index contributed by atoms with van der Waals surface area (Å²) in [5, 5.41) is 10.4. The van der Waals surface area contributed by atoms with E-state index in [0.29, 0.717) is 10.6 Å². The van der Waals surface area contributed by atoms with Crippen LogP contribution in [0.3, 0.4) is 0 Å². The van der Waals surface area contributed by atoms with Crippen molar-refractivity contribution < 1.29 is 18.5 Å². The zero-order valence-corrected chi connectivity index (χ0v) is 18.4. The smallest absolute Gasteiger partial charge is 0.408 e. The van der Waals surface area contributed by atoms with Crippen LogP contribution in [0, 0.1) is 5.92 Å². The summed E-state index contributed by atoms with van der Waals surface area (Å²) in [5.74, 6) is -0.949. The number of thiophene rings is 2. The summed E-state index contributed by atoms with van der Waals surface area (Å²) >= 11 is 2.75. The molecule has 0 aliphatic heterocycles. The number of carbonyl (C=O) groups is 2. The molecule has 0 saturated carbocycles. The fourth-order valence-corrected chi connectivity index (χ4v) is 5.77. The molecular weight excluding hydrogens is 406 g/mol. The largest absolute Gasteiger partial charge is 0.444 e. The van der Waals surface area contributed by atoms with E-state index < -0.39 is 33.6 Å². The molecule has 3 N–H and O–H groups in total. The van der Waals surface area contributed by atoms with Crippen molar-refractivity contribution in [3.8, 4) is 0 Å². The van der Waals surface area contributed by atoms with Gasteiger partial charge in [-0.25, -0.2) is 14.1 Å². The normalized spacial score (nSPS) is 16.4. The molecule has 0 radical (unpaired) electrons. The van der Waals surface area contributed by atoms with Crippen molar-refractivity contribution in [3.63, 3.8) is 0 Å². The van der Waals surface area contributed by atoms with Gasteiger partial charge in [0.25, 0.3) is 5.91 Å². The molecule has 150 valence electrons. The van der Waals surface area contributed by atoms with Crippen molar-refractivity contribution in [2.45, 2.75) is 56.9 Å². The van der Waals surface area contributed by atoms with E-state index in [-0.39, 0.29) is 5.92 Å². The van der Waals surface area contributed by atoms with E-state index in [1.54, 1.807) is 33.8 Å². The van der Waals surface area contributed by atoms with E-state index in [1.807, 2.05) is 18.4 Å². The first-order valence-electron chi connectivity index (χ1n) is 8.48. The fourth-order valence-electron chi connectivity index (χ4n) is 2.24. The maximum atomic E-state index is 12.9. The van der Waals surface area contributed by atoms with Crippen LogP contribution in [-0.2, 0) is 19.4 Å². The highest BCUT2D eigenvalue weighted by atomic mass is 32.2. The molecule has 2 heterocycles. The monoisotopic (exact) mass is 431 g/mol. The average molecular weight is 432 g/mol. The molecule has 0 aromatic carbocycles. The number of nitrogens with two attached hydrogens (primary N) is 1. The number of alkyl carbamates (subject to hydrolysis) is 1. The van der Waals surface area contributed by atoms with Crippen LogP contribution in [0.15, 0.2) is 26.1 Å². The lowest BCUT2D eigenvalue weighted by atomic mass is 9.99. The van der Waals surface area contributed by atoms with Crippen molar-refractivity contribution >= 4 is 54.0 Å². The van der Waals surface area contributed by atoms with Crippen LogP contribution in [-0.4, -0.2) is 27.9 Å². The first-order valence-corrected chi connectivity index (χ1v) is 11.8. The number of amides is 2. The second kappa shape index (κ2) is 8.26. The van der Waals surface area contributed by atoms with E-state index in [1.165, 1.54) is 22.7 Å². The Morgan fingerprint density at radius 1 is 1.37 bits per heavy atom. The van der Waals surface area contributed by atoms with Crippen LogP contribution in [0.4, 0.5) is 4.79 Å². The Morgan fingerprint density at radius 2 is 2.04 bits per heavy atom. The van der Waals surface area contributed by atoms with Crippen LogP contribution in [0.1, 0.15) is 41.0 Å². The molecule has 0 saturated heterocycles. The van der Waals surface area contributed by atoms with Crippen LogP contribution >= 0.6 is 22.7 Å². The van der Waals surface area contributed by atoms with Crippen LogP contribution < -0.4 is 10.5 Å². The summed E-state index contributed by atoms with van der Waals surface area (Å²) in [6.07, 6.45) is -0.112. The van der Waals surface area contributed by atoms with E-state index >= 15 is 0 Å². The molecule has 2 amide bonds. The van der Waals surface area contributed by atoms with Crippen molar-refractivity contribution in [1.82, 2.24) is 5.32 Å². The molecule has 10 heteroatoms. The second-order valence-electron chi connectivity index (χ2n) is 7.22. The van der Waals surface area contributed by atoms with Gasteiger partial charge < -0.3 is 10.1 Å². The van der Waals surface area contributed by atoms with E-state index in [4.69, 9.17) is 9.88 Å². The number of nitrogens with one attached hydrogen (secondary N) is 1. The van der Waals surface area contributed by atoms with Gasteiger partial charge in [-0.3, -0.25) is 4.79 Å². The summed E-state index contributed by atoms with van der Waals surface area (Å²) in [6.45, 7) is 8.87. The van der Waals surface area contributed by atoms with Crippen LogP contribution in [0.2, 0.25) is 0 Å². The van der Waals surface area contributed by atoms with E-state index in [9.17, 15) is 13.8 Å². The molecule has 27 heavy (non-hydrogen) atoms. The minimum absolute atomic E-state index is 0.226. The van der Waals surface area contributed by atoms with Gasteiger partial charge in [0.1, 0.15) is 15.9 Å². The first-order chi connectivity index (χ1) is 12.4. The van der Waals surface area contributed by atoms with E-state index in [2.05, 4.69) is 9.68 Å². The Labute approximate surface area is 167 Å². The minimum Gasteiger partial charge on any atom is -0.444 e. The summed E-state index contributed by atoms with van der Waals surface area (Å²) in [5.41, 5.74) is -0.700. The molecule has 0 bridgehead atoms. The second-order valence-corrected chi connectivity index (χ2v) is 11.3. The van der Waals surface area contributed by atoms with Gasteiger partial charge >= 0.3 is 6.09 Å². The van der Waals surface area contributed by atoms with E-state index in [0.717, 1.165) is 9.40 Å². The molecule has 2 aromatic rings. The molecule has 0 aliphatic rings. The highest BCUT2D eigenvalue weighted by Gasteiger charge is 2.29. The summed E-state index contributed by atoms with van der Waals surface area (Å²) in [4.78, 5) is 24.8. The van der Waals surface area contributed by atoms with Gasteiger partial charge in [-0.15, -0.1) is 27.0 Å². The molecule has 1 unspecified atom stereocenters. The lowest BCUT2D eigenvalue weighted by Gasteiger charge is -2.25. The number of carbonyl (C=O) groups excluding carboxylic acids is 2. The molecule has 0 spiro atoms. The summed E-state index contributed by atoms with van der Waals surface area (Å²) in [7, 11) is -3.39. The van der Waals surface area contributed by atoms with Gasteiger partial charge in [0.2, 0.25) is 0 Å². The maximum absolute atomic E-state index is 12.9. The minimum atomic E-state index is -3.39. The van der Waals surface area contributed by atoms with Gasteiger partial charge in [-0.05, 0) is 44.2 Å². The third-order valence-electron chi connectivity index (χ3n) is 3.78. The number of fused-ring (bicyclic) bond motifs is 1. The molecule has 2 aromatic heterocycles. The molecule has 0 fully saturated rings. The quantitative estimate of drug-likeness (QED) is 0.741. The average Bonchev–Trinajstić information content (AvgIpc) is 3.11. The number of hydrogen-bond donors (Lipinski definition) is 2. The zero-order chi connectivity index (χ0) is 20.4. The van der Waals surface area contributed by atoms with Crippen LogP contribution in [0.25, 0.3) is 9.40 Å². The molecule has 3 atom stereocenters. The Kier molecular flexibility index (Phi) is 6.67. The summed E-state index contributed by atoms with van der Waals surface area (Å²) < 4.78 is 24.1. The SMILES string of the molecule is CC[C@H](C)[C@H](NC(=O)OC(C)(C)C)C(=O)N=S(N)(=O)c1cc2sccc2s1. The predicted molar refractivity (Wildman–Crippen MR) is 110 cm³/mol. The van der Waals surface area contributed by atoms with Crippen molar-refractivity contribution in [2.75, 3.05) is 0 Å². The number of ether oxygens (including phenoxy) is 1. The lowest BCUT2D eigenvalue weighted by molar-refractivity contribution is -0.120. The topological polar surface area (TPSA) is 111 Å². The molecule has 7 nitrogen and oxygen atoms in total. The third-order valence-corrected chi connectivity index (χ3v) is 7.78. The van der Waals surface area contributed by atoms with Crippen LogP contribution in [0.5, 0.6) is 0 Å². The fraction of sp³-hybridized carbons (Fsp3) is 0.529. The van der Waals surface area contributed by atoms with Gasteiger partial charge in [-0.2, -0.15) is 0 Å². The van der Waals surface area contributed by atoms with Crippen molar-refractivity contribution in [2.24, 2.45) is 15.4 Å². The maximum Gasteiger partial charge on any atom is 0.408 e.